The van der Waals surface area contributed by atoms with E-state index in [0.717, 1.165) is 11.5 Å². The first-order chi connectivity index (χ1) is 11.6. The predicted molar refractivity (Wildman–Crippen MR) is 89.4 cm³/mol. The topological polar surface area (TPSA) is 63.9 Å². The summed E-state index contributed by atoms with van der Waals surface area (Å²) in [4.78, 5) is 13.9. The Morgan fingerprint density at radius 2 is 2.08 bits per heavy atom. The first kappa shape index (κ1) is 16.2. The van der Waals surface area contributed by atoms with E-state index in [1.54, 1.807) is 18.2 Å². The van der Waals surface area contributed by atoms with Crippen LogP contribution in [-0.4, -0.2) is 43.3 Å². The quantitative estimate of drug-likeness (QED) is 0.915. The minimum absolute atomic E-state index is 0.0182. The lowest BCUT2D eigenvalue weighted by atomic mass is 10.2. The van der Waals surface area contributed by atoms with Crippen LogP contribution >= 0.6 is 0 Å². The van der Waals surface area contributed by atoms with E-state index < -0.39 is 0 Å². The van der Waals surface area contributed by atoms with Crippen molar-refractivity contribution in [3.05, 3.63) is 48.4 Å². The molecule has 1 N–H and O–H groups in total. The van der Waals surface area contributed by atoms with Crippen molar-refractivity contribution in [3.8, 4) is 11.5 Å². The van der Waals surface area contributed by atoms with Crippen molar-refractivity contribution in [3.63, 3.8) is 0 Å². The van der Waals surface area contributed by atoms with Gasteiger partial charge in [-0.25, -0.2) is 4.79 Å². The highest BCUT2D eigenvalue weighted by molar-refractivity contribution is 5.74. The van der Waals surface area contributed by atoms with Crippen LogP contribution in [0.1, 0.15) is 12.7 Å². The number of hydrogen-bond donors (Lipinski definition) is 1. The van der Waals surface area contributed by atoms with Gasteiger partial charge in [0.2, 0.25) is 0 Å². The second-order valence-corrected chi connectivity index (χ2v) is 6.01. The number of hydrogen-bond acceptors (Lipinski definition) is 4. The van der Waals surface area contributed by atoms with Crippen molar-refractivity contribution >= 4 is 6.03 Å². The molecule has 0 spiro atoms. The van der Waals surface area contributed by atoms with E-state index in [0.29, 0.717) is 25.3 Å². The van der Waals surface area contributed by atoms with Gasteiger partial charge in [-0.05, 0) is 31.2 Å². The van der Waals surface area contributed by atoms with Crippen molar-refractivity contribution in [1.82, 2.24) is 10.2 Å². The average Bonchev–Trinajstić information content (AvgIpc) is 3.07. The molecule has 0 saturated heterocycles. The van der Waals surface area contributed by atoms with Gasteiger partial charge in [0.05, 0.1) is 12.8 Å². The number of fused-ring (bicyclic) bond motifs is 1. The molecule has 2 aromatic rings. The minimum atomic E-state index is -0.184. The molecule has 2 atom stereocenters. The molecule has 1 aromatic heterocycles. The summed E-state index contributed by atoms with van der Waals surface area (Å²) in [6.45, 7) is 2.83. The van der Waals surface area contributed by atoms with Crippen LogP contribution in [0.5, 0.6) is 11.5 Å². The maximum Gasteiger partial charge on any atom is 0.317 e. The van der Waals surface area contributed by atoms with E-state index >= 15 is 0 Å². The molecule has 6 nitrogen and oxygen atoms in total. The number of nitrogens with one attached hydrogen (secondary N) is 1. The smallest absolute Gasteiger partial charge is 0.317 e. The molecule has 128 valence electrons. The Balaban J connectivity index is 1.48. The van der Waals surface area contributed by atoms with Crippen LogP contribution in [0.2, 0.25) is 0 Å². The maximum absolute atomic E-state index is 12.3. The summed E-state index contributed by atoms with van der Waals surface area (Å²) in [5, 5.41) is 2.96. The zero-order valence-electron chi connectivity index (χ0n) is 13.9. The second-order valence-electron chi connectivity index (χ2n) is 6.01. The van der Waals surface area contributed by atoms with Crippen LogP contribution in [0.15, 0.2) is 47.1 Å². The number of likely N-dealkylation sites (N-methyl/N-ethyl adjacent to an activating group) is 1. The van der Waals surface area contributed by atoms with Crippen molar-refractivity contribution in [2.75, 3.05) is 20.2 Å². The summed E-state index contributed by atoms with van der Waals surface area (Å²) in [6, 6.07) is 11.1. The summed E-state index contributed by atoms with van der Waals surface area (Å²) < 4.78 is 16.9. The van der Waals surface area contributed by atoms with Crippen LogP contribution in [0, 0.1) is 0 Å². The summed E-state index contributed by atoms with van der Waals surface area (Å²) in [5.41, 5.74) is 0. The van der Waals surface area contributed by atoms with E-state index in [9.17, 15) is 4.79 Å². The number of para-hydroxylation sites is 2. The minimum Gasteiger partial charge on any atom is -0.486 e. The summed E-state index contributed by atoms with van der Waals surface area (Å²) in [6.07, 6.45) is 2.10. The van der Waals surface area contributed by atoms with Gasteiger partial charge in [-0.1, -0.05) is 12.1 Å². The molecule has 2 amide bonds. The van der Waals surface area contributed by atoms with E-state index in [-0.39, 0.29) is 18.2 Å². The Bertz CT molecular complexity index is 671. The average molecular weight is 330 g/mol. The van der Waals surface area contributed by atoms with Gasteiger partial charge in [-0.3, -0.25) is 0 Å². The van der Waals surface area contributed by atoms with E-state index in [1.165, 1.54) is 0 Å². The lowest BCUT2D eigenvalue weighted by Gasteiger charge is -2.30. The summed E-state index contributed by atoms with van der Waals surface area (Å²) in [7, 11) is 1.75. The molecule has 6 heteroatoms. The zero-order valence-corrected chi connectivity index (χ0v) is 13.9. The molecule has 2 heterocycles. The molecule has 1 aliphatic heterocycles. The number of ether oxygens (including phenoxy) is 2. The standard InChI is InChI=1S/C18H22N2O4/c1-13(10-14-6-5-9-22-14)19-18(21)20(2)11-15-12-23-16-7-3-4-8-17(16)24-15/h3-9,13,15H,10-12H2,1-2H3,(H,19,21)/t13-,15+/m1/s1. The van der Waals surface area contributed by atoms with Gasteiger partial charge in [0.15, 0.2) is 17.6 Å². The summed E-state index contributed by atoms with van der Waals surface area (Å²) >= 11 is 0. The molecule has 0 fully saturated rings. The van der Waals surface area contributed by atoms with Crippen molar-refractivity contribution in [2.45, 2.75) is 25.5 Å². The molecule has 0 aliphatic carbocycles. The molecular weight excluding hydrogens is 308 g/mol. The van der Waals surface area contributed by atoms with Crippen molar-refractivity contribution in [2.24, 2.45) is 0 Å². The zero-order chi connectivity index (χ0) is 16.9. The molecule has 0 saturated carbocycles. The lowest BCUT2D eigenvalue weighted by molar-refractivity contribution is 0.0713. The summed E-state index contributed by atoms with van der Waals surface area (Å²) in [5.74, 6) is 2.31. The highest BCUT2D eigenvalue weighted by atomic mass is 16.6. The molecule has 0 radical (unpaired) electrons. The number of rotatable bonds is 5. The van der Waals surface area contributed by atoms with Crippen LogP contribution < -0.4 is 14.8 Å². The highest BCUT2D eigenvalue weighted by Gasteiger charge is 2.24. The third-order valence-corrected chi connectivity index (χ3v) is 3.85. The van der Waals surface area contributed by atoms with Crippen LogP contribution in [-0.2, 0) is 6.42 Å². The number of amides is 2. The van der Waals surface area contributed by atoms with Crippen LogP contribution in [0.3, 0.4) is 0 Å². The van der Waals surface area contributed by atoms with Crippen molar-refractivity contribution in [1.29, 1.82) is 0 Å². The Kier molecular flexibility index (Phi) is 4.93. The van der Waals surface area contributed by atoms with Gasteiger partial charge in [0, 0.05) is 19.5 Å². The fourth-order valence-corrected chi connectivity index (χ4v) is 2.64. The highest BCUT2D eigenvalue weighted by Crippen LogP contribution is 2.30. The molecule has 0 bridgehead atoms. The molecule has 1 aromatic carbocycles. The SMILES string of the molecule is C[C@H](Cc1ccco1)NC(=O)N(C)C[C@H]1COc2ccccc2O1. The van der Waals surface area contributed by atoms with Gasteiger partial charge >= 0.3 is 6.03 Å². The molecule has 0 unspecified atom stereocenters. The Morgan fingerprint density at radius 3 is 2.83 bits per heavy atom. The van der Waals surface area contributed by atoms with E-state index in [2.05, 4.69) is 5.32 Å². The van der Waals surface area contributed by atoms with E-state index in [4.69, 9.17) is 13.9 Å². The molecule has 1 aliphatic rings. The van der Waals surface area contributed by atoms with Gasteiger partial charge in [-0.15, -0.1) is 0 Å². The van der Waals surface area contributed by atoms with Gasteiger partial charge in [-0.2, -0.15) is 0 Å². The van der Waals surface area contributed by atoms with Gasteiger partial charge < -0.3 is 24.1 Å². The number of furan rings is 1. The first-order valence-electron chi connectivity index (χ1n) is 8.04. The largest absolute Gasteiger partial charge is 0.486 e. The first-order valence-corrected chi connectivity index (χ1v) is 8.04. The molecule has 24 heavy (non-hydrogen) atoms. The third-order valence-electron chi connectivity index (χ3n) is 3.85. The van der Waals surface area contributed by atoms with E-state index in [1.807, 2.05) is 43.3 Å². The number of benzene rings is 1. The lowest BCUT2D eigenvalue weighted by Crippen LogP contribution is -2.48. The van der Waals surface area contributed by atoms with Gasteiger partial charge in [0.25, 0.3) is 0 Å². The number of carbonyl (C=O) groups is 1. The van der Waals surface area contributed by atoms with Crippen molar-refractivity contribution < 1.29 is 18.7 Å². The number of urea groups is 1. The van der Waals surface area contributed by atoms with Crippen LogP contribution in [0.25, 0.3) is 0 Å². The monoisotopic (exact) mass is 330 g/mol. The maximum atomic E-state index is 12.3. The molecular formula is C18H22N2O4. The third kappa shape index (κ3) is 4.01. The second kappa shape index (κ2) is 7.29. The van der Waals surface area contributed by atoms with Crippen LogP contribution in [0.4, 0.5) is 4.79 Å². The Morgan fingerprint density at radius 1 is 1.29 bits per heavy atom. The number of nitrogens with zero attached hydrogens (tertiary/aromatic N) is 1. The normalized spacial score (nSPS) is 17.2. The predicted octanol–water partition coefficient (Wildman–Crippen LogP) is 2.69. The number of carbonyl (C=O) groups excluding carboxylic acids is 1. The van der Waals surface area contributed by atoms with Gasteiger partial charge in [0.1, 0.15) is 12.4 Å². The Hall–Kier alpha value is -2.63. The Labute approximate surface area is 141 Å². The fraction of sp³-hybridized carbons (Fsp3) is 0.389. The molecule has 3 rings (SSSR count). The fourth-order valence-electron chi connectivity index (χ4n) is 2.64.